The van der Waals surface area contributed by atoms with E-state index in [1.807, 2.05) is 63.2 Å². The number of hydrogen-bond donors (Lipinski definition) is 0. The van der Waals surface area contributed by atoms with Crippen LogP contribution in [0.2, 0.25) is 5.02 Å². The van der Waals surface area contributed by atoms with Gasteiger partial charge in [-0.15, -0.1) is 0 Å². The molecule has 0 amide bonds. The van der Waals surface area contributed by atoms with Crippen LogP contribution >= 0.6 is 11.6 Å². The van der Waals surface area contributed by atoms with Crippen molar-refractivity contribution in [2.45, 2.75) is 32.5 Å². The number of halogens is 1. The van der Waals surface area contributed by atoms with E-state index in [2.05, 4.69) is 0 Å². The summed E-state index contributed by atoms with van der Waals surface area (Å²) in [6.45, 7) is 5.49. The Morgan fingerprint density at radius 3 is 2.64 bits per heavy atom. The van der Waals surface area contributed by atoms with Gasteiger partial charge in [-0.25, -0.2) is 4.79 Å². The SMILES string of the molecule is COc1ccccc1[C@H]1Oc2ccc(Cl)cc2C=C1/C=C/C(=O)OC(C)(C)C. The van der Waals surface area contributed by atoms with Crippen LogP contribution in [0.5, 0.6) is 11.5 Å². The highest BCUT2D eigenvalue weighted by molar-refractivity contribution is 6.30. The smallest absolute Gasteiger partial charge is 0.331 e. The first kappa shape index (κ1) is 20.0. The van der Waals surface area contributed by atoms with Gasteiger partial charge < -0.3 is 14.2 Å². The van der Waals surface area contributed by atoms with Crippen LogP contribution in [-0.2, 0) is 9.53 Å². The van der Waals surface area contributed by atoms with Crippen LogP contribution < -0.4 is 9.47 Å². The summed E-state index contributed by atoms with van der Waals surface area (Å²) in [4.78, 5) is 12.1. The molecule has 0 N–H and O–H groups in total. The summed E-state index contributed by atoms with van der Waals surface area (Å²) in [5.74, 6) is 1.01. The number of rotatable bonds is 4. The second-order valence-corrected chi connectivity index (χ2v) is 7.87. The van der Waals surface area contributed by atoms with Crippen LogP contribution in [0.1, 0.15) is 38.0 Å². The highest BCUT2D eigenvalue weighted by atomic mass is 35.5. The predicted octanol–water partition coefficient (Wildman–Crippen LogP) is 5.76. The van der Waals surface area contributed by atoms with Crippen LogP contribution in [0.4, 0.5) is 0 Å². The number of esters is 1. The van der Waals surface area contributed by atoms with Crippen molar-refractivity contribution < 1.29 is 19.0 Å². The first-order valence-corrected chi connectivity index (χ1v) is 9.36. The second-order valence-electron chi connectivity index (χ2n) is 7.43. The molecule has 1 aliphatic heterocycles. The van der Waals surface area contributed by atoms with Gasteiger partial charge in [-0.1, -0.05) is 29.8 Å². The van der Waals surface area contributed by atoms with Gasteiger partial charge in [0, 0.05) is 22.2 Å². The van der Waals surface area contributed by atoms with Crippen molar-refractivity contribution in [2.75, 3.05) is 7.11 Å². The molecule has 0 saturated heterocycles. The van der Waals surface area contributed by atoms with Gasteiger partial charge in [-0.3, -0.25) is 0 Å². The number of ether oxygens (including phenoxy) is 3. The van der Waals surface area contributed by atoms with Gasteiger partial charge in [0.05, 0.1) is 7.11 Å². The Labute approximate surface area is 170 Å². The summed E-state index contributed by atoms with van der Waals surface area (Å²) in [6, 6.07) is 13.1. The predicted molar refractivity (Wildman–Crippen MR) is 111 cm³/mol. The van der Waals surface area contributed by atoms with E-state index in [-0.39, 0.29) is 0 Å². The van der Waals surface area contributed by atoms with Crippen molar-refractivity contribution in [3.05, 3.63) is 76.3 Å². The maximum Gasteiger partial charge on any atom is 0.331 e. The van der Waals surface area contributed by atoms with Crippen molar-refractivity contribution >= 4 is 23.6 Å². The number of fused-ring (bicyclic) bond motifs is 1. The van der Waals surface area contributed by atoms with Crippen molar-refractivity contribution in [3.63, 3.8) is 0 Å². The minimum atomic E-state index is -0.555. The standard InChI is InChI=1S/C23H23ClO4/c1-23(2,3)28-21(25)12-9-15-13-16-14-17(24)10-11-19(16)27-22(15)18-7-5-6-8-20(18)26-4/h5-14,22H,1-4H3/b12-9+/t22-/m0/s1. The molecule has 5 heteroatoms. The summed E-state index contributed by atoms with van der Waals surface area (Å²) in [5, 5.41) is 0.616. The van der Waals surface area contributed by atoms with Gasteiger partial charge in [0.1, 0.15) is 17.1 Å². The summed E-state index contributed by atoms with van der Waals surface area (Å²) in [5.41, 5.74) is 1.96. The number of carbonyl (C=O) groups excluding carboxylic acids is 1. The lowest BCUT2D eigenvalue weighted by molar-refractivity contribution is -0.148. The molecule has 4 nitrogen and oxygen atoms in total. The lowest BCUT2D eigenvalue weighted by atomic mass is 9.95. The van der Waals surface area contributed by atoms with Crippen LogP contribution in [0.25, 0.3) is 6.08 Å². The summed E-state index contributed by atoms with van der Waals surface area (Å²) in [6.07, 6.45) is 4.67. The molecular formula is C23H23ClO4. The largest absolute Gasteiger partial charge is 0.496 e. The molecule has 146 valence electrons. The molecular weight excluding hydrogens is 376 g/mol. The van der Waals surface area contributed by atoms with Gasteiger partial charge in [0.2, 0.25) is 0 Å². The molecule has 0 aliphatic carbocycles. The summed E-state index contributed by atoms with van der Waals surface area (Å²) < 4.78 is 17.1. The van der Waals surface area contributed by atoms with Gasteiger partial charge >= 0.3 is 5.97 Å². The summed E-state index contributed by atoms with van der Waals surface area (Å²) >= 11 is 6.13. The monoisotopic (exact) mass is 398 g/mol. The third-order valence-corrected chi connectivity index (χ3v) is 4.32. The molecule has 1 atom stereocenters. The zero-order chi connectivity index (χ0) is 20.3. The van der Waals surface area contributed by atoms with Crippen molar-refractivity contribution in [1.82, 2.24) is 0 Å². The molecule has 28 heavy (non-hydrogen) atoms. The van der Waals surface area contributed by atoms with Crippen molar-refractivity contribution in [3.8, 4) is 11.5 Å². The molecule has 0 radical (unpaired) electrons. The molecule has 0 spiro atoms. The molecule has 0 saturated carbocycles. The van der Waals surface area contributed by atoms with E-state index in [0.29, 0.717) is 10.8 Å². The van der Waals surface area contributed by atoms with E-state index in [1.54, 1.807) is 19.3 Å². The fourth-order valence-corrected chi connectivity index (χ4v) is 3.13. The molecule has 1 aliphatic rings. The van der Waals surface area contributed by atoms with Gasteiger partial charge in [-0.2, -0.15) is 0 Å². The lowest BCUT2D eigenvalue weighted by Crippen LogP contribution is -2.22. The average molecular weight is 399 g/mol. The van der Waals surface area contributed by atoms with E-state index >= 15 is 0 Å². The van der Waals surface area contributed by atoms with E-state index in [9.17, 15) is 4.79 Å². The Morgan fingerprint density at radius 1 is 1.18 bits per heavy atom. The minimum Gasteiger partial charge on any atom is -0.496 e. The van der Waals surface area contributed by atoms with Crippen molar-refractivity contribution in [2.24, 2.45) is 0 Å². The average Bonchev–Trinajstić information content (AvgIpc) is 2.64. The van der Waals surface area contributed by atoms with Crippen LogP contribution in [-0.4, -0.2) is 18.7 Å². The first-order chi connectivity index (χ1) is 13.3. The molecule has 2 aromatic carbocycles. The van der Waals surface area contributed by atoms with Crippen LogP contribution in [0.3, 0.4) is 0 Å². The summed E-state index contributed by atoms with van der Waals surface area (Å²) in [7, 11) is 1.62. The van der Waals surface area contributed by atoms with Gasteiger partial charge in [-0.05, 0) is 62.8 Å². The molecule has 0 fully saturated rings. The fraction of sp³-hybridized carbons (Fsp3) is 0.261. The van der Waals surface area contributed by atoms with Gasteiger partial charge in [0.15, 0.2) is 6.10 Å². The second kappa shape index (κ2) is 8.11. The quantitative estimate of drug-likeness (QED) is 0.485. The zero-order valence-corrected chi connectivity index (χ0v) is 17.1. The Kier molecular flexibility index (Phi) is 5.80. The third-order valence-electron chi connectivity index (χ3n) is 4.08. The first-order valence-electron chi connectivity index (χ1n) is 8.98. The molecule has 1 heterocycles. The molecule has 0 aromatic heterocycles. The molecule has 0 unspecified atom stereocenters. The molecule has 3 rings (SSSR count). The Balaban J connectivity index is 2.01. The van der Waals surface area contributed by atoms with Crippen LogP contribution in [0.15, 0.2) is 60.2 Å². The maximum absolute atomic E-state index is 12.1. The number of carbonyl (C=O) groups is 1. The molecule has 2 aromatic rings. The number of para-hydroxylation sites is 1. The topological polar surface area (TPSA) is 44.8 Å². The fourth-order valence-electron chi connectivity index (χ4n) is 2.95. The maximum atomic E-state index is 12.1. The normalized spacial score (nSPS) is 16.2. The number of benzene rings is 2. The number of methoxy groups -OCH3 is 1. The van der Waals surface area contributed by atoms with Gasteiger partial charge in [0.25, 0.3) is 0 Å². The highest BCUT2D eigenvalue weighted by Crippen LogP contribution is 2.41. The Morgan fingerprint density at radius 2 is 1.93 bits per heavy atom. The highest BCUT2D eigenvalue weighted by Gasteiger charge is 2.26. The van der Waals surface area contributed by atoms with E-state index in [0.717, 1.165) is 22.4 Å². The third kappa shape index (κ3) is 4.76. The van der Waals surface area contributed by atoms with E-state index in [4.69, 9.17) is 25.8 Å². The van der Waals surface area contributed by atoms with Crippen LogP contribution in [0, 0.1) is 0 Å². The minimum absolute atomic E-state index is 0.413. The van der Waals surface area contributed by atoms with E-state index in [1.165, 1.54) is 6.08 Å². The zero-order valence-electron chi connectivity index (χ0n) is 16.4. The van der Waals surface area contributed by atoms with Crippen molar-refractivity contribution in [1.29, 1.82) is 0 Å². The Bertz CT molecular complexity index is 938. The lowest BCUT2D eigenvalue weighted by Gasteiger charge is -2.27. The van der Waals surface area contributed by atoms with E-state index < -0.39 is 17.7 Å². The number of hydrogen-bond acceptors (Lipinski definition) is 4. The Hall–Kier alpha value is -2.72. The molecule has 0 bridgehead atoms.